The molecule has 0 aliphatic carbocycles. The van der Waals surface area contributed by atoms with Crippen LogP contribution in [0.2, 0.25) is 0 Å². The number of carbonyl (C=O) groups excluding carboxylic acids is 1. The zero-order valence-corrected chi connectivity index (χ0v) is 13.2. The van der Waals surface area contributed by atoms with Crippen molar-refractivity contribution in [1.82, 2.24) is 14.7 Å². The maximum Gasteiger partial charge on any atom is 0.257 e. The van der Waals surface area contributed by atoms with E-state index in [1.165, 1.54) is 0 Å². The SMILES string of the molecule is CC(C)(C)c1nn(-c2ccccc2)cc1C(=O)N1CC(O)C1. The number of aromatic nitrogens is 2. The smallest absolute Gasteiger partial charge is 0.257 e. The zero-order valence-electron chi connectivity index (χ0n) is 13.2. The lowest BCUT2D eigenvalue weighted by atomic mass is 9.89. The van der Waals surface area contributed by atoms with Crippen LogP contribution < -0.4 is 0 Å². The molecular weight excluding hydrogens is 278 g/mol. The summed E-state index contributed by atoms with van der Waals surface area (Å²) in [6.45, 7) is 6.95. The second kappa shape index (κ2) is 5.25. The molecule has 0 saturated carbocycles. The van der Waals surface area contributed by atoms with Gasteiger partial charge in [-0.15, -0.1) is 0 Å². The fraction of sp³-hybridized carbons (Fsp3) is 0.412. The van der Waals surface area contributed by atoms with Gasteiger partial charge in [0.25, 0.3) is 5.91 Å². The molecule has 5 heteroatoms. The molecule has 1 saturated heterocycles. The van der Waals surface area contributed by atoms with Crippen molar-refractivity contribution in [1.29, 1.82) is 0 Å². The number of nitrogens with zero attached hydrogens (tertiary/aromatic N) is 3. The number of amides is 1. The summed E-state index contributed by atoms with van der Waals surface area (Å²) in [7, 11) is 0. The number of benzene rings is 1. The molecule has 0 unspecified atom stereocenters. The second-order valence-corrected chi connectivity index (χ2v) is 6.79. The van der Waals surface area contributed by atoms with Gasteiger partial charge in [0.1, 0.15) is 0 Å². The van der Waals surface area contributed by atoms with E-state index in [0.717, 1.165) is 11.4 Å². The Morgan fingerprint density at radius 2 is 1.86 bits per heavy atom. The predicted molar refractivity (Wildman–Crippen MR) is 84.2 cm³/mol. The molecule has 0 atom stereocenters. The zero-order chi connectivity index (χ0) is 15.9. The largest absolute Gasteiger partial charge is 0.389 e. The molecule has 22 heavy (non-hydrogen) atoms. The van der Waals surface area contributed by atoms with E-state index in [1.807, 2.05) is 51.1 Å². The number of carbonyl (C=O) groups is 1. The first kappa shape index (κ1) is 14.8. The highest BCUT2D eigenvalue weighted by molar-refractivity contribution is 5.96. The number of hydrogen-bond acceptors (Lipinski definition) is 3. The van der Waals surface area contributed by atoms with E-state index in [9.17, 15) is 9.90 Å². The Morgan fingerprint density at radius 3 is 2.41 bits per heavy atom. The van der Waals surface area contributed by atoms with E-state index in [-0.39, 0.29) is 11.3 Å². The third kappa shape index (κ3) is 2.64. The third-order valence-corrected chi connectivity index (χ3v) is 3.83. The highest BCUT2D eigenvalue weighted by atomic mass is 16.3. The van der Waals surface area contributed by atoms with Crippen LogP contribution in [-0.4, -0.2) is 44.9 Å². The van der Waals surface area contributed by atoms with Crippen molar-refractivity contribution in [3.8, 4) is 5.69 Å². The molecule has 1 fully saturated rings. The summed E-state index contributed by atoms with van der Waals surface area (Å²) in [5.74, 6) is -0.0580. The molecule has 0 bridgehead atoms. The average Bonchev–Trinajstić information content (AvgIpc) is 2.89. The van der Waals surface area contributed by atoms with Crippen molar-refractivity contribution in [2.45, 2.75) is 32.3 Å². The van der Waals surface area contributed by atoms with Gasteiger partial charge in [0.15, 0.2) is 0 Å². The lowest BCUT2D eigenvalue weighted by Crippen LogP contribution is -2.53. The van der Waals surface area contributed by atoms with Crippen LogP contribution in [0.5, 0.6) is 0 Å². The number of β-amino-alcohol motifs (C(OH)–C–C–N with tert-alkyl or cyclic N) is 1. The molecule has 0 radical (unpaired) electrons. The van der Waals surface area contributed by atoms with Crippen LogP contribution in [0.3, 0.4) is 0 Å². The summed E-state index contributed by atoms with van der Waals surface area (Å²) in [4.78, 5) is 14.3. The fourth-order valence-corrected chi connectivity index (χ4v) is 2.59. The minimum absolute atomic E-state index is 0.0580. The Balaban J connectivity index is 2.01. The van der Waals surface area contributed by atoms with E-state index < -0.39 is 6.10 Å². The first-order chi connectivity index (χ1) is 10.4. The first-order valence-corrected chi connectivity index (χ1v) is 7.49. The van der Waals surface area contributed by atoms with Crippen LogP contribution in [0.25, 0.3) is 5.69 Å². The van der Waals surface area contributed by atoms with Gasteiger partial charge >= 0.3 is 0 Å². The molecule has 5 nitrogen and oxygen atoms in total. The maximum atomic E-state index is 12.6. The molecule has 0 spiro atoms. The van der Waals surface area contributed by atoms with E-state index in [4.69, 9.17) is 0 Å². The van der Waals surface area contributed by atoms with Gasteiger partial charge in [0, 0.05) is 24.7 Å². The monoisotopic (exact) mass is 299 g/mol. The highest BCUT2D eigenvalue weighted by Crippen LogP contribution is 2.27. The van der Waals surface area contributed by atoms with E-state index in [0.29, 0.717) is 18.7 Å². The Bertz CT molecular complexity index is 680. The second-order valence-electron chi connectivity index (χ2n) is 6.79. The Kier molecular flexibility index (Phi) is 3.53. The molecule has 116 valence electrons. The summed E-state index contributed by atoms with van der Waals surface area (Å²) in [6.07, 6.45) is 1.40. The number of hydrogen-bond donors (Lipinski definition) is 1. The van der Waals surface area contributed by atoms with Gasteiger partial charge in [-0.25, -0.2) is 4.68 Å². The lowest BCUT2D eigenvalue weighted by Gasteiger charge is -2.36. The molecule has 1 aliphatic heterocycles. The van der Waals surface area contributed by atoms with Gasteiger partial charge in [-0.2, -0.15) is 5.10 Å². The van der Waals surface area contributed by atoms with E-state index in [2.05, 4.69) is 5.10 Å². The molecule has 1 aliphatic rings. The van der Waals surface area contributed by atoms with Gasteiger partial charge < -0.3 is 10.0 Å². The molecular formula is C17H21N3O2. The van der Waals surface area contributed by atoms with Crippen molar-refractivity contribution in [3.05, 3.63) is 47.8 Å². The summed E-state index contributed by atoms with van der Waals surface area (Å²) >= 11 is 0. The molecule has 1 N–H and O–H groups in total. The minimum Gasteiger partial charge on any atom is -0.389 e. The predicted octanol–water partition coefficient (Wildman–Crippen LogP) is 1.99. The van der Waals surface area contributed by atoms with Crippen LogP contribution in [0.15, 0.2) is 36.5 Å². The van der Waals surface area contributed by atoms with Crippen molar-refractivity contribution < 1.29 is 9.90 Å². The molecule has 2 heterocycles. The third-order valence-electron chi connectivity index (χ3n) is 3.83. The number of aliphatic hydroxyl groups is 1. The highest BCUT2D eigenvalue weighted by Gasteiger charge is 2.34. The Morgan fingerprint density at radius 1 is 1.23 bits per heavy atom. The van der Waals surface area contributed by atoms with E-state index >= 15 is 0 Å². The number of rotatable bonds is 2. The summed E-state index contributed by atoms with van der Waals surface area (Å²) in [6, 6.07) is 9.76. The Labute approximate surface area is 130 Å². The van der Waals surface area contributed by atoms with Crippen LogP contribution >= 0.6 is 0 Å². The number of aliphatic hydroxyl groups excluding tert-OH is 1. The van der Waals surface area contributed by atoms with Crippen LogP contribution in [0.4, 0.5) is 0 Å². The van der Waals surface area contributed by atoms with E-state index in [1.54, 1.807) is 15.8 Å². The number of likely N-dealkylation sites (tertiary alicyclic amines) is 1. The van der Waals surface area contributed by atoms with Gasteiger partial charge in [-0.3, -0.25) is 4.79 Å². The van der Waals surface area contributed by atoms with Gasteiger partial charge in [0.05, 0.1) is 23.0 Å². The Hall–Kier alpha value is -2.14. The minimum atomic E-state index is -0.397. The fourth-order valence-electron chi connectivity index (χ4n) is 2.59. The van der Waals surface area contributed by atoms with Crippen molar-refractivity contribution in [2.24, 2.45) is 0 Å². The van der Waals surface area contributed by atoms with Gasteiger partial charge in [-0.1, -0.05) is 39.0 Å². The average molecular weight is 299 g/mol. The molecule has 1 amide bonds. The summed E-state index contributed by atoms with van der Waals surface area (Å²) in [5, 5.41) is 14.1. The van der Waals surface area contributed by atoms with Crippen LogP contribution in [-0.2, 0) is 5.41 Å². The lowest BCUT2D eigenvalue weighted by molar-refractivity contribution is 0.00574. The van der Waals surface area contributed by atoms with Gasteiger partial charge in [-0.05, 0) is 12.1 Å². The summed E-state index contributed by atoms with van der Waals surface area (Å²) < 4.78 is 1.75. The summed E-state index contributed by atoms with van der Waals surface area (Å²) in [5.41, 5.74) is 2.09. The first-order valence-electron chi connectivity index (χ1n) is 7.49. The molecule has 1 aromatic heterocycles. The topological polar surface area (TPSA) is 58.4 Å². The van der Waals surface area contributed by atoms with Crippen LogP contribution in [0, 0.1) is 0 Å². The molecule has 3 rings (SSSR count). The maximum absolute atomic E-state index is 12.6. The molecule has 2 aromatic rings. The van der Waals surface area contributed by atoms with Gasteiger partial charge in [0.2, 0.25) is 0 Å². The molecule has 1 aromatic carbocycles. The normalized spacial score (nSPS) is 15.7. The van der Waals surface area contributed by atoms with Crippen molar-refractivity contribution in [3.63, 3.8) is 0 Å². The standard InChI is InChI=1S/C17H21N3O2/c1-17(2,3)15-14(16(22)19-9-13(21)10-19)11-20(18-15)12-7-5-4-6-8-12/h4-8,11,13,21H,9-10H2,1-3H3. The number of para-hydroxylation sites is 1. The quantitative estimate of drug-likeness (QED) is 0.922. The van der Waals surface area contributed by atoms with Crippen molar-refractivity contribution >= 4 is 5.91 Å². The van der Waals surface area contributed by atoms with Crippen molar-refractivity contribution in [2.75, 3.05) is 13.1 Å². The van der Waals surface area contributed by atoms with Crippen LogP contribution in [0.1, 0.15) is 36.8 Å².